The Morgan fingerprint density at radius 1 is 1.00 bits per heavy atom. The van der Waals surface area contributed by atoms with Crippen LogP contribution in [-0.4, -0.2) is 19.0 Å². The Bertz CT molecular complexity index is 1340. The lowest BCUT2D eigenvalue weighted by molar-refractivity contribution is -0.255. The van der Waals surface area contributed by atoms with Gasteiger partial charge in [-0.25, -0.2) is 4.99 Å². The molecule has 0 atom stereocenters. The van der Waals surface area contributed by atoms with Gasteiger partial charge >= 0.3 is 0 Å². The summed E-state index contributed by atoms with van der Waals surface area (Å²) in [7, 11) is 1.55. The van der Waals surface area contributed by atoms with Crippen molar-refractivity contribution in [2.45, 2.75) is 6.54 Å². The molecule has 32 heavy (non-hydrogen) atoms. The van der Waals surface area contributed by atoms with Gasteiger partial charge in [-0.2, -0.15) is 0 Å². The molecule has 3 aromatic carbocycles. The molecular weight excluding hydrogens is 408 g/mol. The van der Waals surface area contributed by atoms with Crippen molar-refractivity contribution >= 4 is 28.5 Å². The average molecular weight is 427 g/mol. The number of carbonyl (C=O) groups is 2. The molecule has 160 valence electrons. The highest BCUT2D eigenvalue weighted by Crippen LogP contribution is 2.21. The number of carboxylic acids is 1. The molecule has 7 heteroatoms. The molecule has 0 unspecified atom stereocenters. The van der Waals surface area contributed by atoms with Crippen molar-refractivity contribution in [2.75, 3.05) is 7.11 Å². The van der Waals surface area contributed by atoms with E-state index in [1.807, 2.05) is 30.3 Å². The van der Waals surface area contributed by atoms with Crippen LogP contribution in [-0.2, 0) is 6.54 Å². The van der Waals surface area contributed by atoms with Crippen molar-refractivity contribution in [3.63, 3.8) is 0 Å². The lowest BCUT2D eigenvalue weighted by atomic mass is 10.1. The zero-order valence-electron chi connectivity index (χ0n) is 17.2. The van der Waals surface area contributed by atoms with E-state index < -0.39 is 5.97 Å². The number of carboxylic acid groups (broad SMARTS) is 1. The van der Waals surface area contributed by atoms with Crippen LogP contribution in [0.4, 0.5) is 5.69 Å². The second-order valence-corrected chi connectivity index (χ2v) is 6.98. The lowest BCUT2D eigenvalue weighted by Gasteiger charge is -2.08. The molecular formula is C25H19N2O5-. The van der Waals surface area contributed by atoms with Gasteiger partial charge in [0.1, 0.15) is 16.9 Å². The third-order valence-electron chi connectivity index (χ3n) is 4.83. The summed E-state index contributed by atoms with van der Waals surface area (Å²) in [6.45, 7) is 0.347. The van der Waals surface area contributed by atoms with E-state index >= 15 is 0 Å². The number of rotatable bonds is 6. The zero-order chi connectivity index (χ0) is 22.5. The van der Waals surface area contributed by atoms with E-state index in [2.05, 4.69) is 10.3 Å². The first kappa shape index (κ1) is 20.9. The molecule has 4 aromatic rings. The van der Waals surface area contributed by atoms with Gasteiger partial charge in [0.2, 0.25) is 5.55 Å². The number of ether oxygens (including phenoxy) is 1. The Labute approximate surface area is 183 Å². The number of aromatic carboxylic acids is 1. The van der Waals surface area contributed by atoms with Gasteiger partial charge in [0.25, 0.3) is 5.91 Å². The molecule has 0 aliphatic rings. The van der Waals surface area contributed by atoms with Crippen molar-refractivity contribution in [1.29, 1.82) is 0 Å². The minimum absolute atomic E-state index is 0.0324. The lowest BCUT2D eigenvalue weighted by Crippen LogP contribution is -2.28. The number of fused-ring (bicyclic) bond motifs is 1. The minimum Gasteiger partial charge on any atom is -0.545 e. The molecule has 0 aliphatic heterocycles. The molecule has 1 N–H and O–H groups in total. The molecule has 1 aromatic heterocycles. The summed E-state index contributed by atoms with van der Waals surface area (Å²) < 4.78 is 11.2. The summed E-state index contributed by atoms with van der Waals surface area (Å²) in [5.41, 5.74) is 2.26. The standard InChI is InChI=1S/C25H20N2O5/c1-31-20-12-9-18-13-21(23(28)26-15-16-5-3-2-4-6-16)24(32-22(18)14-20)27-19-10-7-17(8-11-19)25(29)30/h2-14H,15H2,1H3,(H,26,28)(H,29,30)/p-1. The number of methoxy groups -OCH3 is 1. The summed E-state index contributed by atoms with van der Waals surface area (Å²) in [5.74, 6) is -1.02. The van der Waals surface area contributed by atoms with Crippen LogP contribution in [0.25, 0.3) is 11.0 Å². The first-order chi connectivity index (χ1) is 15.5. The molecule has 0 radical (unpaired) electrons. The summed E-state index contributed by atoms with van der Waals surface area (Å²) in [5, 5.41) is 14.6. The normalized spacial score (nSPS) is 11.3. The third kappa shape index (κ3) is 4.67. The van der Waals surface area contributed by atoms with E-state index in [9.17, 15) is 14.7 Å². The van der Waals surface area contributed by atoms with Crippen molar-refractivity contribution in [1.82, 2.24) is 5.32 Å². The first-order valence-corrected chi connectivity index (χ1v) is 9.83. The molecule has 0 fully saturated rings. The highest BCUT2D eigenvalue weighted by molar-refractivity contribution is 5.96. The number of carbonyl (C=O) groups excluding carboxylic acids is 2. The van der Waals surface area contributed by atoms with E-state index in [1.54, 1.807) is 31.4 Å². The van der Waals surface area contributed by atoms with Crippen molar-refractivity contribution in [2.24, 2.45) is 4.99 Å². The predicted octanol–water partition coefficient (Wildman–Crippen LogP) is 2.97. The number of amides is 1. The molecule has 1 heterocycles. The average Bonchev–Trinajstić information content (AvgIpc) is 2.82. The molecule has 0 spiro atoms. The van der Waals surface area contributed by atoms with Gasteiger partial charge in [0, 0.05) is 18.0 Å². The summed E-state index contributed by atoms with van der Waals surface area (Å²) in [6.07, 6.45) is 0. The van der Waals surface area contributed by atoms with Crippen LogP contribution in [0.2, 0.25) is 0 Å². The molecule has 1 amide bonds. The van der Waals surface area contributed by atoms with Gasteiger partial charge in [-0.3, -0.25) is 4.79 Å². The predicted molar refractivity (Wildman–Crippen MR) is 116 cm³/mol. The van der Waals surface area contributed by atoms with Crippen LogP contribution in [0.5, 0.6) is 5.75 Å². The first-order valence-electron chi connectivity index (χ1n) is 9.83. The molecule has 7 nitrogen and oxygen atoms in total. The Kier molecular flexibility index (Phi) is 5.98. The number of hydrogen-bond acceptors (Lipinski definition) is 6. The van der Waals surface area contributed by atoms with Crippen LogP contribution in [0.1, 0.15) is 26.3 Å². The molecule has 0 saturated heterocycles. The smallest absolute Gasteiger partial charge is 0.257 e. The number of nitrogens with zero attached hydrogens (tertiary/aromatic N) is 1. The maximum absolute atomic E-state index is 13.0. The van der Waals surface area contributed by atoms with Crippen molar-refractivity contribution in [3.05, 3.63) is 101 Å². The molecule has 0 aliphatic carbocycles. The van der Waals surface area contributed by atoms with Gasteiger partial charge in [-0.05, 0) is 41.5 Å². The van der Waals surface area contributed by atoms with E-state index in [1.165, 1.54) is 24.3 Å². The van der Waals surface area contributed by atoms with Gasteiger partial charge in [-0.15, -0.1) is 0 Å². The maximum atomic E-state index is 13.0. The second-order valence-electron chi connectivity index (χ2n) is 6.98. The van der Waals surface area contributed by atoms with Gasteiger partial charge in [-0.1, -0.05) is 42.5 Å². The van der Waals surface area contributed by atoms with E-state index in [-0.39, 0.29) is 22.6 Å². The monoisotopic (exact) mass is 427 g/mol. The molecule has 0 bridgehead atoms. The van der Waals surface area contributed by atoms with Crippen LogP contribution in [0.3, 0.4) is 0 Å². The fraction of sp³-hybridized carbons (Fsp3) is 0.0800. The van der Waals surface area contributed by atoms with Crippen LogP contribution in [0.15, 0.2) is 88.3 Å². The fourth-order valence-corrected chi connectivity index (χ4v) is 3.13. The summed E-state index contributed by atoms with van der Waals surface area (Å²) >= 11 is 0. The second kappa shape index (κ2) is 9.18. The number of nitrogens with one attached hydrogen (secondary N) is 1. The SMILES string of the molecule is COc1ccc2cc(C(=O)NCc3ccccc3)c(=Nc3ccc(C(=O)[O-])cc3)oc2c1. The van der Waals surface area contributed by atoms with E-state index in [0.29, 0.717) is 29.0 Å². The van der Waals surface area contributed by atoms with Crippen LogP contribution in [0, 0.1) is 0 Å². The quantitative estimate of drug-likeness (QED) is 0.510. The van der Waals surface area contributed by atoms with Crippen molar-refractivity contribution in [3.8, 4) is 5.75 Å². The minimum atomic E-state index is -1.28. The van der Waals surface area contributed by atoms with Gasteiger partial charge < -0.3 is 24.4 Å². The highest BCUT2D eigenvalue weighted by Gasteiger charge is 2.13. The summed E-state index contributed by atoms with van der Waals surface area (Å²) in [6, 6.07) is 22.3. The number of hydrogen-bond donors (Lipinski definition) is 1. The van der Waals surface area contributed by atoms with Gasteiger partial charge in [0.05, 0.1) is 18.8 Å². The fourth-order valence-electron chi connectivity index (χ4n) is 3.13. The Balaban J connectivity index is 1.76. The zero-order valence-corrected chi connectivity index (χ0v) is 17.2. The number of benzene rings is 3. The van der Waals surface area contributed by atoms with Crippen LogP contribution < -0.4 is 20.7 Å². The molecule has 4 rings (SSSR count). The van der Waals surface area contributed by atoms with Crippen LogP contribution >= 0.6 is 0 Å². The van der Waals surface area contributed by atoms with E-state index in [0.717, 1.165) is 5.56 Å². The largest absolute Gasteiger partial charge is 0.545 e. The van der Waals surface area contributed by atoms with E-state index in [4.69, 9.17) is 9.15 Å². The highest BCUT2D eigenvalue weighted by atomic mass is 16.5. The topological polar surface area (TPSA) is 104 Å². The molecule has 0 saturated carbocycles. The Morgan fingerprint density at radius 2 is 1.75 bits per heavy atom. The Morgan fingerprint density at radius 3 is 2.44 bits per heavy atom. The van der Waals surface area contributed by atoms with Gasteiger partial charge in [0.15, 0.2) is 0 Å². The third-order valence-corrected chi connectivity index (χ3v) is 4.83. The summed E-state index contributed by atoms with van der Waals surface area (Å²) in [4.78, 5) is 28.4. The Hall–Kier alpha value is -4.39. The van der Waals surface area contributed by atoms with Crippen molar-refractivity contribution < 1.29 is 23.8 Å². The maximum Gasteiger partial charge on any atom is 0.257 e.